The van der Waals surface area contributed by atoms with Gasteiger partial charge in [0.2, 0.25) is 0 Å². The van der Waals surface area contributed by atoms with Crippen molar-refractivity contribution in [1.29, 1.82) is 0 Å². The van der Waals surface area contributed by atoms with E-state index in [1.54, 1.807) is 27.4 Å². The molecule has 2 aromatic rings. The second-order valence-corrected chi connectivity index (χ2v) is 4.61. The number of hydrogen-bond acceptors (Lipinski definition) is 6. The molecule has 0 saturated carbocycles. The summed E-state index contributed by atoms with van der Waals surface area (Å²) in [5.74, 6) is 1.96. The Bertz CT molecular complexity index is 569. The molecule has 0 spiro atoms. The molecule has 5 nitrogen and oxygen atoms in total. The fraction of sp³-hybridized carbons (Fsp3) is 0.308. The average Bonchev–Trinajstić information content (AvgIpc) is 2.94. The summed E-state index contributed by atoms with van der Waals surface area (Å²) in [5, 5.41) is 2.78. The lowest BCUT2D eigenvalue weighted by atomic mass is 10.2. The number of nitrogens with zero attached hydrogens (tertiary/aromatic N) is 1. The van der Waals surface area contributed by atoms with Gasteiger partial charge >= 0.3 is 0 Å². The molecule has 0 bridgehead atoms. The smallest absolute Gasteiger partial charge is 0.164 e. The van der Waals surface area contributed by atoms with E-state index in [0.717, 1.165) is 16.3 Å². The predicted molar refractivity (Wildman–Crippen MR) is 75.1 cm³/mol. The Hall–Kier alpha value is -1.79. The molecular weight excluding hydrogens is 264 g/mol. The number of nitrogens with two attached hydrogens (primary N) is 1. The van der Waals surface area contributed by atoms with E-state index in [9.17, 15) is 0 Å². The molecule has 2 rings (SSSR count). The zero-order valence-electron chi connectivity index (χ0n) is 11.1. The maximum absolute atomic E-state index is 5.58. The van der Waals surface area contributed by atoms with Crippen LogP contribution in [0.25, 0.3) is 10.6 Å². The minimum absolute atomic E-state index is 0.423. The third-order valence-corrected chi connectivity index (χ3v) is 3.62. The minimum atomic E-state index is 0.423. The molecule has 102 valence electrons. The van der Waals surface area contributed by atoms with Crippen LogP contribution in [-0.4, -0.2) is 26.3 Å². The number of rotatable bonds is 5. The monoisotopic (exact) mass is 280 g/mol. The summed E-state index contributed by atoms with van der Waals surface area (Å²) in [6.45, 7) is 0.423. The standard InChI is InChI=1S/C13H16N2O3S/c1-16-10-5-12(18-3)11(17-2)4-9(10)13-15-8(6-14)7-19-13/h4-5,7H,6,14H2,1-3H3. The molecule has 2 N–H and O–H groups in total. The molecule has 0 radical (unpaired) electrons. The summed E-state index contributed by atoms with van der Waals surface area (Å²) in [6.07, 6.45) is 0. The lowest BCUT2D eigenvalue weighted by Crippen LogP contribution is -1.97. The Morgan fingerprint density at radius 3 is 2.21 bits per heavy atom. The van der Waals surface area contributed by atoms with Gasteiger partial charge in [-0.15, -0.1) is 11.3 Å². The summed E-state index contributed by atoms with van der Waals surface area (Å²) in [6, 6.07) is 3.65. The summed E-state index contributed by atoms with van der Waals surface area (Å²) in [7, 11) is 4.80. The number of thiazole rings is 1. The fourth-order valence-electron chi connectivity index (χ4n) is 1.72. The predicted octanol–water partition coefficient (Wildman–Crippen LogP) is 2.29. The highest BCUT2D eigenvalue weighted by Crippen LogP contribution is 2.40. The topological polar surface area (TPSA) is 66.6 Å². The van der Waals surface area contributed by atoms with Crippen molar-refractivity contribution in [2.45, 2.75) is 6.54 Å². The Labute approximate surface area is 115 Å². The molecule has 6 heteroatoms. The van der Waals surface area contributed by atoms with Crippen molar-refractivity contribution in [3.63, 3.8) is 0 Å². The molecular formula is C13H16N2O3S. The van der Waals surface area contributed by atoms with Crippen LogP contribution < -0.4 is 19.9 Å². The Morgan fingerprint density at radius 2 is 1.68 bits per heavy atom. The van der Waals surface area contributed by atoms with E-state index in [1.807, 2.05) is 11.4 Å². The van der Waals surface area contributed by atoms with Crippen LogP contribution in [-0.2, 0) is 6.54 Å². The van der Waals surface area contributed by atoms with Crippen molar-refractivity contribution in [2.75, 3.05) is 21.3 Å². The van der Waals surface area contributed by atoms with Crippen molar-refractivity contribution >= 4 is 11.3 Å². The van der Waals surface area contributed by atoms with Gasteiger partial charge in [0.05, 0.1) is 32.6 Å². The van der Waals surface area contributed by atoms with Crippen molar-refractivity contribution < 1.29 is 14.2 Å². The molecule has 0 saturated heterocycles. The van der Waals surface area contributed by atoms with Crippen molar-refractivity contribution in [1.82, 2.24) is 4.98 Å². The van der Waals surface area contributed by atoms with Gasteiger partial charge < -0.3 is 19.9 Å². The van der Waals surface area contributed by atoms with E-state index in [-0.39, 0.29) is 0 Å². The van der Waals surface area contributed by atoms with Crippen molar-refractivity contribution in [3.05, 3.63) is 23.2 Å². The molecule has 0 aliphatic rings. The first-order chi connectivity index (χ1) is 9.23. The highest BCUT2D eigenvalue weighted by Gasteiger charge is 2.15. The second-order valence-electron chi connectivity index (χ2n) is 3.76. The van der Waals surface area contributed by atoms with Gasteiger partial charge in [-0.05, 0) is 6.07 Å². The van der Waals surface area contributed by atoms with Crippen molar-refractivity contribution in [3.8, 4) is 27.8 Å². The van der Waals surface area contributed by atoms with Crippen LogP contribution in [0.4, 0.5) is 0 Å². The average molecular weight is 280 g/mol. The van der Waals surface area contributed by atoms with Gasteiger partial charge in [-0.1, -0.05) is 0 Å². The molecule has 0 aliphatic heterocycles. The zero-order valence-corrected chi connectivity index (χ0v) is 11.9. The molecule has 0 amide bonds. The number of aromatic nitrogens is 1. The van der Waals surface area contributed by atoms with E-state index >= 15 is 0 Å². The van der Waals surface area contributed by atoms with Crippen LogP contribution in [0.2, 0.25) is 0 Å². The second kappa shape index (κ2) is 5.90. The first kappa shape index (κ1) is 13.6. The Kier molecular flexibility index (Phi) is 4.24. The summed E-state index contributed by atoms with van der Waals surface area (Å²) in [5.41, 5.74) is 7.31. The van der Waals surface area contributed by atoms with E-state index in [4.69, 9.17) is 19.9 Å². The zero-order chi connectivity index (χ0) is 13.8. The normalized spacial score (nSPS) is 10.3. The number of benzene rings is 1. The van der Waals surface area contributed by atoms with Gasteiger partial charge in [0.15, 0.2) is 11.5 Å². The summed E-state index contributed by atoms with van der Waals surface area (Å²) >= 11 is 1.52. The van der Waals surface area contributed by atoms with Crippen LogP contribution >= 0.6 is 11.3 Å². The lowest BCUT2D eigenvalue weighted by Gasteiger charge is -2.12. The minimum Gasteiger partial charge on any atom is -0.496 e. The maximum atomic E-state index is 5.58. The third-order valence-electron chi connectivity index (χ3n) is 2.70. The van der Waals surface area contributed by atoms with Crippen LogP contribution in [0.15, 0.2) is 17.5 Å². The molecule has 1 heterocycles. The molecule has 0 atom stereocenters. The number of ether oxygens (including phenoxy) is 3. The molecule has 0 aliphatic carbocycles. The quantitative estimate of drug-likeness (QED) is 0.910. The van der Waals surface area contributed by atoms with Gasteiger partial charge in [0.25, 0.3) is 0 Å². The largest absolute Gasteiger partial charge is 0.496 e. The van der Waals surface area contributed by atoms with Crippen LogP contribution in [0, 0.1) is 0 Å². The summed E-state index contributed by atoms with van der Waals surface area (Å²) in [4.78, 5) is 4.46. The Morgan fingerprint density at radius 1 is 1.05 bits per heavy atom. The van der Waals surface area contributed by atoms with Gasteiger partial charge in [-0.25, -0.2) is 4.98 Å². The van der Waals surface area contributed by atoms with Gasteiger partial charge in [0, 0.05) is 18.0 Å². The van der Waals surface area contributed by atoms with Crippen LogP contribution in [0.3, 0.4) is 0 Å². The molecule has 0 unspecified atom stereocenters. The first-order valence-corrected chi connectivity index (χ1v) is 6.56. The molecule has 1 aromatic carbocycles. The van der Waals surface area contributed by atoms with Crippen molar-refractivity contribution in [2.24, 2.45) is 5.73 Å². The van der Waals surface area contributed by atoms with Gasteiger partial charge in [-0.3, -0.25) is 0 Å². The van der Waals surface area contributed by atoms with Gasteiger partial charge in [0.1, 0.15) is 10.8 Å². The highest BCUT2D eigenvalue weighted by molar-refractivity contribution is 7.13. The van der Waals surface area contributed by atoms with Crippen LogP contribution in [0.5, 0.6) is 17.2 Å². The Balaban J connectivity index is 2.54. The van der Waals surface area contributed by atoms with Gasteiger partial charge in [-0.2, -0.15) is 0 Å². The summed E-state index contributed by atoms with van der Waals surface area (Å²) < 4.78 is 15.9. The molecule has 0 fully saturated rings. The molecule has 19 heavy (non-hydrogen) atoms. The highest BCUT2D eigenvalue weighted by atomic mass is 32.1. The maximum Gasteiger partial charge on any atom is 0.164 e. The third kappa shape index (κ3) is 2.64. The van der Waals surface area contributed by atoms with E-state index in [1.165, 1.54) is 11.3 Å². The fourth-order valence-corrected chi connectivity index (χ4v) is 2.57. The van der Waals surface area contributed by atoms with E-state index < -0.39 is 0 Å². The SMILES string of the molecule is COc1cc(OC)c(-c2nc(CN)cs2)cc1OC. The first-order valence-electron chi connectivity index (χ1n) is 5.68. The van der Waals surface area contributed by atoms with E-state index in [0.29, 0.717) is 23.8 Å². The number of hydrogen-bond donors (Lipinski definition) is 1. The van der Waals surface area contributed by atoms with E-state index in [2.05, 4.69) is 4.98 Å². The lowest BCUT2D eigenvalue weighted by molar-refractivity contribution is 0.349. The molecule has 1 aromatic heterocycles. The number of methoxy groups -OCH3 is 3. The van der Waals surface area contributed by atoms with Crippen LogP contribution in [0.1, 0.15) is 5.69 Å².